The predicted octanol–water partition coefficient (Wildman–Crippen LogP) is 4.94. The van der Waals surface area contributed by atoms with Crippen LogP contribution in [0, 0.1) is 4.91 Å². The molecule has 0 saturated heterocycles. The number of halogens is 2. The number of benzene rings is 2. The van der Waals surface area contributed by atoms with Gasteiger partial charge in [0.15, 0.2) is 0 Å². The monoisotopic (exact) mass is 399 g/mol. The molecule has 3 aromatic rings. The van der Waals surface area contributed by atoms with Crippen LogP contribution in [0.5, 0.6) is 0 Å². The van der Waals surface area contributed by atoms with E-state index in [2.05, 4.69) is 10.2 Å². The third-order valence-corrected chi connectivity index (χ3v) is 4.83. The summed E-state index contributed by atoms with van der Waals surface area (Å²) in [6.45, 7) is 0.0255. The fourth-order valence-electron chi connectivity index (χ4n) is 2.96. The lowest BCUT2D eigenvalue weighted by molar-refractivity contribution is -0.118. The highest BCUT2D eigenvalue weighted by molar-refractivity contribution is 6.36. The summed E-state index contributed by atoms with van der Waals surface area (Å²) in [7, 11) is 0. The van der Waals surface area contributed by atoms with Crippen LogP contribution in [0.25, 0.3) is 11.3 Å². The molecule has 2 N–H and O–H groups in total. The third-order valence-electron chi connectivity index (χ3n) is 4.17. The molecule has 7 heteroatoms. The van der Waals surface area contributed by atoms with E-state index in [9.17, 15) is 9.70 Å². The van der Waals surface area contributed by atoms with Crippen molar-refractivity contribution in [1.82, 2.24) is 4.98 Å². The Morgan fingerprint density at radius 3 is 2.33 bits per heavy atom. The SMILES string of the molecule is NC(=O)C(c1cccc(-c2ccccc2CN=O)n1)c1c(Cl)cccc1Cl. The first-order valence-corrected chi connectivity index (χ1v) is 8.86. The van der Waals surface area contributed by atoms with Crippen LogP contribution in [0.2, 0.25) is 10.0 Å². The molecule has 0 aliphatic rings. The van der Waals surface area contributed by atoms with Gasteiger partial charge in [0, 0.05) is 21.2 Å². The quantitative estimate of drug-likeness (QED) is 0.595. The predicted molar refractivity (Wildman–Crippen MR) is 107 cm³/mol. The van der Waals surface area contributed by atoms with Crippen molar-refractivity contribution >= 4 is 29.1 Å². The largest absolute Gasteiger partial charge is 0.369 e. The highest BCUT2D eigenvalue weighted by atomic mass is 35.5. The number of nitrogens with zero attached hydrogens (tertiary/aromatic N) is 2. The van der Waals surface area contributed by atoms with E-state index in [-0.39, 0.29) is 6.54 Å². The van der Waals surface area contributed by atoms with Crippen LogP contribution >= 0.6 is 23.2 Å². The van der Waals surface area contributed by atoms with Gasteiger partial charge >= 0.3 is 0 Å². The molecule has 0 bridgehead atoms. The molecule has 5 nitrogen and oxygen atoms in total. The van der Waals surface area contributed by atoms with E-state index in [1.807, 2.05) is 24.3 Å². The van der Waals surface area contributed by atoms with Crippen LogP contribution in [0.4, 0.5) is 0 Å². The first-order chi connectivity index (χ1) is 13.0. The summed E-state index contributed by atoms with van der Waals surface area (Å²) in [6, 6.07) is 17.6. The Labute approximate surface area is 166 Å². The van der Waals surface area contributed by atoms with Crippen molar-refractivity contribution in [2.24, 2.45) is 10.9 Å². The molecule has 0 aliphatic heterocycles. The van der Waals surface area contributed by atoms with Crippen LogP contribution in [0.3, 0.4) is 0 Å². The number of hydrogen-bond acceptors (Lipinski definition) is 4. The number of carbonyl (C=O) groups is 1. The van der Waals surface area contributed by atoms with E-state index in [0.717, 1.165) is 11.1 Å². The summed E-state index contributed by atoms with van der Waals surface area (Å²) in [6.07, 6.45) is 0. The van der Waals surface area contributed by atoms with Crippen molar-refractivity contribution < 1.29 is 4.79 Å². The molecular weight excluding hydrogens is 385 g/mol. The molecule has 1 aromatic heterocycles. The smallest absolute Gasteiger partial charge is 0.231 e. The Kier molecular flexibility index (Phi) is 5.84. The van der Waals surface area contributed by atoms with E-state index >= 15 is 0 Å². The summed E-state index contributed by atoms with van der Waals surface area (Å²) >= 11 is 12.5. The van der Waals surface area contributed by atoms with Crippen LogP contribution < -0.4 is 5.73 Å². The van der Waals surface area contributed by atoms with E-state index < -0.39 is 11.8 Å². The first kappa shape index (κ1) is 19.0. The minimum absolute atomic E-state index is 0.0255. The molecule has 1 heterocycles. The van der Waals surface area contributed by atoms with Crippen molar-refractivity contribution in [2.45, 2.75) is 12.5 Å². The van der Waals surface area contributed by atoms with Gasteiger partial charge in [-0.25, -0.2) is 0 Å². The van der Waals surface area contributed by atoms with E-state index in [1.54, 1.807) is 36.4 Å². The molecule has 1 atom stereocenters. The minimum atomic E-state index is -0.900. The maximum Gasteiger partial charge on any atom is 0.231 e. The number of primary amides is 1. The van der Waals surface area contributed by atoms with Crippen LogP contribution in [-0.2, 0) is 11.3 Å². The zero-order valence-corrected chi connectivity index (χ0v) is 15.6. The fourth-order valence-corrected chi connectivity index (χ4v) is 3.58. The number of nitrogens with two attached hydrogens (primary N) is 1. The maximum absolute atomic E-state index is 12.2. The van der Waals surface area contributed by atoms with Crippen molar-refractivity contribution in [1.29, 1.82) is 0 Å². The van der Waals surface area contributed by atoms with E-state index in [0.29, 0.717) is 27.0 Å². The molecule has 0 aliphatic carbocycles. The second-order valence-corrected chi connectivity index (χ2v) is 6.68. The van der Waals surface area contributed by atoms with Crippen molar-refractivity contribution in [3.8, 4) is 11.3 Å². The molecular formula is C20H15Cl2N3O2. The summed E-state index contributed by atoms with van der Waals surface area (Å²) in [5, 5.41) is 3.64. The number of nitroso groups, excluding NO2 is 1. The standard InChI is InChI=1S/C20H15Cl2N3O2/c21-14-7-3-8-15(22)18(14)19(20(23)26)17-10-4-9-16(25-17)13-6-2-1-5-12(13)11-24-27/h1-10,19H,11H2,(H2,23,26). The Hall–Kier alpha value is -2.76. The van der Waals surface area contributed by atoms with Gasteiger partial charge in [-0.15, -0.1) is 0 Å². The van der Waals surface area contributed by atoms with Crippen LogP contribution in [-0.4, -0.2) is 10.9 Å². The van der Waals surface area contributed by atoms with E-state index in [1.165, 1.54) is 0 Å². The van der Waals surface area contributed by atoms with Gasteiger partial charge in [-0.1, -0.05) is 64.8 Å². The van der Waals surface area contributed by atoms with Gasteiger partial charge in [0.05, 0.1) is 11.4 Å². The molecule has 0 saturated carbocycles. The topological polar surface area (TPSA) is 85.4 Å². The van der Waals surface area contributed by atoms with Crippen LogP contribution in [0.1, 0.15) is 22.7 Å². The lowest BCUT2D eigenvalue weighted by Gasteiger charge is -2.17. The lowest BCUT2D eigenvalue weighted by atomic mass is 9.93. The summed E-state index contributed by atoms with van der Waals surface area (Å²) in [4.78, 5) is 27.6. The zero-order valence-electron chi connectivity index (χ0n) is 14.1. The van der Waals surface area contributed by atoms with Crippen molar-refractivity contribution in [3.05, 3.63) is 92.4 Å². The van der Waals surface area contributed by atoms with Gasteiger partial charge in [0.2, 0.25) is 5.91 Å². The molecule has 27 heavy (non-hydrogen) atoms. The number of rotatable bonds is 6. The summed E-state index contributed by atoms with van der Waals surface area (Å²) in [5.74, 6) is -1.51. The molecule has 1 amide bonds. The molecule has 3 rings (SSSR count). The van der Waals surface area contributed by atoms with Gasteiger partial charge in [-0.2, -0.15) is 4.91 Å². The average molecular weight is 400 g/mol. The summed E-state index contributed by atoms with van der Waals surface area (Å²) < 4.78 is 0. The first-order valence-electron chi connectivity index (χ1n) is 8.10. The normalized spacial score (nSPS) is 11.8. The highest BCUT2D eigenvalue weighted by Gasteiger charge is 2.27. The molecule has 0 spiro atoms. The lowest BCUT2D eigenvalue weighted by Crippen LogP contribution is -2.24. The highest BCUT2D eigenvalue weighted by Crippen LogP contribution is 2.35. The number of aromatic nitrogens is 1. The van der Waals surface area contributed by atoms with Gasteiger partial charge in [0.25, 0.3) is 0 Å². The van der Waals surface area contributed by atoms with Gasteiger partial charge in [-0.05, 0) is 29.8 Å². The Bertz CT molecular complexity index is 988. The number of carbonyl (C=O) groups excluding carboxylic acids is 1. The molecule has 2 aromatic carbocycles. The number of pyridine rings is 1. The fraction of sp³-hybridized carbons (Fsp3) is 0.100. The third kappa shape index (κ3) is 3.99. The second kappa shape index (κ2) is 8.29. The van der Waals surface area contributed by atoms with E-state index in [4.69, 9.17) is 28.9 Å². The Morgan fingerprint density at radius 1 is 1.00 bits per heavy atom. The van der Waals surface area contributed by atoms with Gasteiger partial charge < -0.3 is 5.73 Å². The zero-order chi connectivity index (χ0) is 19.4. The minimum Gasteiger partial charge on any atom is -0.369 e. The Balaban J connectivity index is 2.14. The van der Waals surface area contributed by atoms with Crippen molar-refractivity contribution in [3.63, 3.8) is 0 Å². The van der Waals surface area contributed by atoms with Crippen molar-refractivity contribution in [2.75, 3.05) is 0 Å². The average Bonchev–Trinajstić information content (AvgIpc) is 2.65. The van der Waals surface area contributed by atoms with Gasteiger partial charge in [-0.3, -0.25) is 9.78 Å². The maximum atomic E-state index is 12.2. The molecule has 0 fully saturated rings. The second-order valence-electron chi connectivity index (χ2n) is 5.86. The van der Waals surface area contributed by atoms with Crippen LogP contribution in [0.15, 0.2) is 65.8 Å². The molecule has 136 valence electrons. The number of hydrogen-bond donors (Lipinski definition) is 1. The number of amides is 1. The Morgan fingerprint density at radius 2 is 1.67 bits per heavy atom. The molecule has 1 unspecified atom stereocenters. The van der Waals surface area contributed by atoms with Gasteiger partial charge in [0.1, 0.15) is 12.5 Å². The summed E-state index contributed by atoms with van der Waals surface area (Å²) in [5.41, 5.74) is 8.58. The molecule has 0 radical (unpaired) electrons.